The first-order chi connectivity index (χ1) is 9.27. The van der Waals surface area contributed by atoms with Gasteiger partial charge in [0.15, 0.2) is 0 Å². The number of nitrogens with one attached hydrogen (secondary N) is 2. The number of alkyl halides is 3. The average Bonchev–Trinajstić information content (AvgIpc) is 2.36. The third-order valence-electron chi connectivity index (χ3n) is 2.43. The number of rotatable bonds is 5. The average molecular weight is 309 g/mol. The highest BCUT2D eigenvalue weighted by Gasteiger charge is 2.35. The first-order valence-corrected chi connectivity index (χ1v) is 7.25. The van der Waals surface area contributed by atoms with Crippen LogP contribution in [0.25, 0.3) is 0 Å². The molecule has 0 aliphatic carbocycles. The fourth-order valence-corrected chi connectivity index (χ4v) is 1.93. The minimum Gasteiger partial charge on any atom is -0.351 e. The standard InChI is InChI=1S/C11H14F3N3O2S/c1-20(19)6-5-16-10(18)7-3-2-4-8(9(7)17-15)11(12,13)14/h2-4,17H,5-6,15H2,1H3,(H,16,18). The van der Waals surface area contributed by atoms with E-state index in [0.717, 1.165) is 12.1 Å². The predicted octanol–water partition coefficient (Wildman–Crippen LogP) is 1.10. The smallest absolute Gasteiger partial charge is 0.351 e. The number of carbonyl (C=O) groups is 1. The van der Waals surface area contributed by atoms with Crippen molar-refractivity contribution in [1.82, 2.24) is 5.32 Å². The summed E-state index contributed by atoms with van der Waals surface area (Å²) < 4.78 is 49.2. The van der Waals surface area contributed by atoms with E-state index in [9.17, 15) is 22.2 Å². The molecule has 4 N–H and O–H groups in total. The van der Waals surface area contributed by atoms with Gasteiger partial charge in [-0.2, -0.15) is 13.2 Å². The molecule has 5 nitrogen and oxygen atoms in total. The molecule has 1 unspecified atom stereocenters. The number of anilines is 1. The monoisotopic (exact) mass is 309 g/mol. The minimum absolute atomic E-state index is 0.0994. The highest BCUT2D eigenvalue weighted by Crippen LogP contribution is 2.36. The van der Waals surface area contributed by atoms with Crippen molar-refractivity contribution in [2.24, 2.45) is 5.84 Å². The molecule has 1 aromatic rings. The zero-order valence-corrected chi connectivity index (χ0v) is 11.4. The van der Waals surface area contributed by atoms with Gasteiger partial charge in [0, 0.05) is 29.4 Å². The molecule has 0 radical (unpaired) electrons. The van der Waals surface area contributed by atoms with Gasteiger partial charge in [-0.15, -0.1) is 0 Å². The molecule has 1 amide bonds. The topological polar surface area (TPSA) is 84.2 Å². The zero-order chi connectivity index (χ0) is 15.3. The Labute approximate surface area is 116 Å². The van der Waals surface area contributed by atoms with Crippen molar-refractivity contribution in [3.63, 3.8) is 0 Å². The maximum Gasteiger partial charge on any atom is 0.418 e. The van der Waals surface area contributed by atoms with Gasteiger partial charge in [-0.05, 0) is 12.1 Å². The summed E-state index contributed by atoms with van der Waals surface area (Å²) >= 11 is 0. The van der Waals surface area contributed by atoms with Crippen molar-refractivity contribution in [3.05, 3.63) is 29.3 Å². The predicted molar refractivity (Wildman–Crippen MR) is 70.5 cm³/mol. The van der Waals surface area contributed by atoms with Gasteiger partial charge in [-0.1, -0.05) is 6.07 Å². The Kier molecular flexibility index (Phi) is 5.52. The molecule has 0 saturated heterocycles. The van der Waals surface area contributed by atoms with Crippen LogP contribution < -0.4 is 16.6 Å². The zero-order valence-electron chi connectivity index (χ0n) is 10.6. The summed E-state index contributed by atoms with van der Waals surface area (Å²) in [7, 11) is -1.10. The number of carbonyl (C=O) groups excluding carboxylic acids is 1. The summed E-state index contributed by atoms with van der Waals surface area (Å²) in [6.07, 6.45) is -3.16. The van der Waals surface area contributed by atoms with E-state index in [2.05, 4.69) is 5.32 Å². The van der Waals surface area contributed by atoms with Gasteiger partial charge in [0.25, 0.3) is 5.91 Å². The molecular weight excluding hydrogens is 295 g/mol. The lowest BCUT2D eigenvalue weighted by molar-refractivity contribution is -0.137. The Morgan fingerprint density at radius 3 is 2.55 bits per heavy atom. The van der Waals surface area contributed by atoms with Gasteiger partial charge >= 0.3 is 6.18 Å². The molecule has 1 rings (SSSR count). The molecule has 112 valence electrons. The number of amides is 1. The molecule has 0 bridgehead atoms. The third kappa shape index (κ3) is 4.20. The van der Waals surface area contributed by atoms with Gasteiger partial charge in [-0.3, -0.25) is 14.8 Å². The summed E-state index contributed by atoms with van der Waals surface area (Å²) in [4.78, 5) is 11.8. The van der Waals surface area contributed by atoms with Crippen molar-refractivity contribution >= 4 is 22.4 Å². The molecule has 0 aromatic heterocycles. The first-order valence-electron chi connectivity index (χ1n) is 5.52. The second-order valence-corrected chi connectivity index (χ2v) is 5.46. The lowest BCUT2D eigenvalue weighted by atomic mass is 10.1. The van der Waals surface area contributed by atoms with E-state index in [1.54, 1.807) is 0 Å². The number of hydrogen-bond donors (Lipinski definition) is 3. The maximum absolute atomic E-state index is 12.8. The van der Waals surface area contributed by atoms with Gasteiger partial charge in [0.2, 0.25) is 0 Å². The number of halogens is 3. The van der Waals surface area contributed by atoms with E-state index in [4.69, 9.17) is 5.84 Å². The van der Waals surface area contributed by atoms with Crippen molar-refractivity contribution in [1.29, 1.82) is 0 Å². The number of hydrazine groups is 1. The SMILES string of the molecule is CS(=O)CCNC(=O)c1cccc(C(F)(F)F)c1NN. The third-order valence-corrected chi connectivity index (χ3v) is 3.21. The Morgan fingerprint density at radius 1 is 1.40 bits per heavy atom. The first kappa shape index (κ1) is 16.4. The molecule has 0 spiro atoms. The van der Waals surface area contributed by atoms with Gasteiger partial charge < -0.3 is 10.7 Å². The van der Waals surface area contributed by atoms with Crippen LogP contribution in [0.3, 0.4) is 0 Å². The number of benzene rings is 1. The second kappa shape index (κ2) is 6.71. The second-order valence-electron chi connectivity index (χ2n) is 3.90. The van der Waals surface area contributed by atoms with E-state index in [1.807, 2.05) is 5.43 Å². The molecule has 9 heteroatoms. The van der Waals surface area contributed by atoms with Crippen molar-refractivity contribution < 1.29 is 22.2 Å². The van der Waals surface area contributed by atoms with E-state index >= 15 is 0 Å². The molecule has 0 aliphatic rings. The van der Waals surface area contributed by atoms with Crippen LogP contribution >= 0.6 is 0 Å². The Morgan fingerprint density at radius 2 is 2.05 bits per heavy atom. The van der Waals surface area contributed by atoms with E-state index in [0.29, 0.717) is 0 Å². The summed E-state index contributed by atoms with van der Waals surface area (Å²) in [5, 5.41) is 2.39. The normalized spacial score (nSPS) is 12.8. The number of hydrogen-bond acceptors (Lipinski definition) is 4. The molecule has 0 fully saturated rings. The maximum atomic E-state index is 12.8. The van der Waals surface area contributed by atoms with Crippen LogP contribution in [-0.2, 0) is 17.0 Å². The largest absolute Gasteiger partial charge is 0.418 e. The number of para-hydroxylation sites is 1. The van der Waals surface area contributed by atoms with Crippen LogP contribution in [-0.4, -0.2) is 28.7 Å². The van der Waals surface area contributed by atoms with Crippen LogP contribution in [0.1, 0.15) is 15.9 Å². The summed E-state index contributed by atoms with van der Waals surface area (Å²) in [6, 6.07) is 3.17. The Bertz CT molecular complexity index is 520. The van der Waals surface area contributed by atoms with E-state index in [1.165, 1.54) is 12.3 Å². The molecule has 1 aromatic carbocycles. The number of nitrogens with two attached hydrogens (primary N) is 1. The van der Waals surface area contributed by atoms with Crippen LogP contribution in [0.4, 0.5) is 18.9 Å². The van der Waals surface area contributed by atoms with Crippen molar-refractivity contribution in [2.45, 2.75) is 6.18 Å². The molecule has 0 aliphatic heterocycles. The molecule has 20 heavy (non-hydrogen) atoms. The van der Waals surface area contributed by atoms with Crippen LogP contribution in [0, 0.1) is 0 Å². The lowest BCUT2D eigenvalue weighted by Gasteiger charge is -2.15. The van der Waals surface area contributed by atoms with Crippen LogP contribution in [0.2, 0.25) is 0 Å². The Hall–Kier alpha value is -1.61. The highest BCUT2D eigenvalue weighted by molar-refractivity contribution is 7.84. The summed E-state index contributed by atoms with van der Waals surface area (Å²) in [5.74, 6) is 4.59. The van der Waals surface area contributed by atoms with Crippen molar-refractivity contribution in [3.8, 4) is 0 Å². The Balaban J connectivity index is 3.00. The fourth-order valence-electron chi connectivity index (χ4n) is 1.54. The van der Waals surface area contributed by atoms with E-state index in [-0.39, 0.29) is 17.9 Å². The fraction of sp³-hybridized carbons (Fsp3) is 0.364. The molecular formula is C11H14F3N3O2S. The summed E-state index contributed by atoms with van der Waals surface area (Å²) in [5.41, 5.74) is 0.179. The van der Waals surface area contributed by atoms with Crippen molar-refractivity contribution in [2.75, 3.05) is 24.0 Å². The quantitative estimate of drug-likeness (QED) is 0.562. The van der Waals surface area contributed by atoms with Crippen LogP contribution in [0.5, 0.6) is 0 Å². The van der Waals surface area contributed by atoms with Gasteiger partial charge in [0.05, 0.1) is 16.8 Å². The van der Waals surface area contributed by atoms with E-state index < -0.39 is 34.1 Å². The highest BCUT2D eigenvalue weighted by atomic mass is 32.2. The minimum atomic E-state index is -4.62. The molecule has 0 saturated carbocycles. The summed E-state index contributed by atoms with van der Waals surface area (Å²) in [6.45, 7) is 0.0994. The number of nitrogen functional groups attached to an aromatic ring is 1. The molecule has 0 heterocycles. The molecule has 1 atom stereocenters. The van der Waals surface area contributed by atoms with Crippen LogP contribution in [0.15, 0.2) is 18.2 Å². The van der Waals surface area contributed by atoms with Gasteiger partial charge in [0.1, 0.15) is 0 Å². The lowest BCUT2D eigenvalue weighted by Crippen LogP contribution is -2.29. The van der Waals surface area contributed by atoms with Gasteiger partial charge in [-0.25, -0.2) is 0 Å².